The molecule has 0 saturated heterocycles. The van der Waals surface area contributed by atoms with E-state index in [1.54, 1.807) is 12.1 Å². The number of halogens is 3. The average Bonchev–Trinajstić information content (AvgIpc) is 3.24. The number of methoxy groups -OCH3 is 1. The molecule has 10 heteroatoms. The minimum Gasteiger partial charge on any atom is -0.876 e. The fraction of sp³-hybridized carbons (Fsp3) is 0.655. The van der Waals surface area contributed by atoms with Crippen molar-refractivity contribution < 1.29 is 79.2 Å². The Morgan fingerprint density at radius 3 is 1.92 bits per heavy atom. The summed E-state index contributed by atoms with van der Waals surface area (Å²) in [7, 11) is 3.24. The van der Waals surface area contributed by atoms with Gasteiger partial charge in [0.15, 0.2) is 0 Å². The maximum absolute atomic E-state index is 13.5. The molecule has 39 heavy (non-hydrogen) atoms. The summed E-state index contributed by atoms with van der Waals surface area (Å²) >= 11 is 0. The van der Waals surface area contributed by atoms with Crippen molar-refractivity contribution in [3.05, 3.63) is 30.2 Å². The third kappa shape index (κ3) is 11.7. The van der Waals surface area contributed by atoms with Crippen LogP contribution in [0, 0.1) is 0 Å². The Balaban J connectivity index is 0.00000760. The van der Waals surface area contributed by atoms with Gasteiger partial charge in [0, 0.05) is 25.3 Å². The number of hydrogen-bond acceptors (Lipinski definition) is 5. The molecule has 0 radical (unpaired) electrons. The van der Waals surface area contributed by atoms with E-state index < -0.39 is 23.6 Å². The fourth-order valence-corrected chi connectivity index (χ4v) is 4.67. The molecule has 2 rings (SSSR count). The number of rotatable bonds is 18. The van der Waals surface area contributed by atoms with Gasteiger partial charge in [0.05, 0.1) is 12.8 Å². The SMILES string of the molecule is CCCCCCCCCCCCCCCCN(C)c1ccc(N2C(=O)/C(=C\[O-])N=C2C(F)(F)F)c(OC)c1.[K+]. The number of anilines is 2. The van der Waals surface area contributed by atoms with Crippen LogP contribution in [0.25, 0.3) is 0 Å². The normalized spacial score (nSPS) is 14.5. The Hall–Kier alpha value is -1.07. The van der Waals surface area contributed by atoms with Crippen molar-refractivity contribution in [2.24, 2.45) is 4.99 Å². The van der Waals surface area contributed by atoms with Crippen LogP contribution in [0.5, 0.6) is 5.75 Å². The molecule has 0 spiro atoms. The van der Waals surface area contributed by atoms with E-state index in [0.717, 1.165) is 25.1 Å². The van der Waals surface area contributed by atoms with E-state index in [4.69, 9.17) is 4.74 Å². The zero-order chi connectivity index (χ0) is 28.0. The number of benzene rings is 1. The smallest absolute Gasteiger partial charge is 0.876 e. The second-order valence-corrected chi connectivity index (χ2v) is 9.95. The standard InChI is InChI=1S/C29H44F3N3O3.K/c1-4-5-6-7-8-9-10-11-12-13-14-15-16-17-20-34(2)23-18-19-25(26(21-23)38-3)35-27(37)24(22-36)33-28(35)29(30,31)32;/h18-19,21-22,36H,4-17,20H2,1-3H3;/q;+1/p-1/b24-22+;. The molecular formula is C29H43F3KN3O3. The summed E-state index contributed by atoms with van der Waals surface area (Å²) in [6.45, 7) is 3.04. The number of amidine groups is 1. The van der Waals surface area contributed by atoms with Gasteiger partial charge in [-0.2, -0.15) is 13.2 Å². The number of unbranched alkanes of at least 4 members (excludes halogenated alkanes) is 13. The van der Waals surface area contributed by atoms with E-state index in [1.165, 1.54) is 90.2 Å². The average molecular weight is 578 g/mol. The summed E-state index contributed by atoms with van der Waals surface area (Å²) in [6, 6.07) is 4.63. The summed E-state index contributed by atoms with van der Waals surface area (Å²) in [6.07, 6.45) is 13.1. The zero-order valence-corrected chi connectivity index (χ0v) is 27.2. The van der Waals surface area contributed by atoms with Crippen LogP contribution in [-0.2, 0) is 4.79 Å². The number of alkyl halides is 3. The van der Waals surface area contributed by atoms with E-state index in [0.29, 0.717) is 4.90 Å². The van der Waals surface area contributed by atoms with E-state index in [1.807, 2.05) is 11.9 Å². The molecular weight excluding hydrogens is 534 g/mol. The number of aliphatic imine (C=N–C) groups is 1. The molecule has 1 amide bonds. The topological polar surface area (TPSA) is 68.2 Å². The Kier molecular flexibility index (Phi) is 17.6. The molecule has 0 bridgehead atoms. The van der Waals surface area contributed by atoms with Gasteiger partial charge in [0.1, 0.15) is 11.4 Å². The number of amides is 1. The van der Waals surface area contributed by atoms with Gasteiger partial charge in [-0.3, -0.25) is 9.69 Å². The van der Waals surface area contributed by atoms with Crippen molar-refractivity contribution >= 4 is 23.1 Å². The molecule has 1 heterocycles. The molecule has 0 atom stereocenters. The van der Waals surface area contributed by atoms with Gasteiger partial charge in [-0.1, -0.05) is 90.4 Å². The Morgan fingerprint density at radius 1 is 0.949 bits per heavy atom. The predicted molar refractivity (Wildman–Crippen MR) is 146 cm³/mol. The van der Waals surface area contributed by atoms with Gasteiger partial charge >= 0.3 is 57.6 Å². The molecule has 6 nitrogen and oxygen atoms in total. The van der Waals surface area contributed by atoms with Crippen LogP contribution < -0.4 is 71.0 Å². The molecule has 1 aromatic rings. The largest absolute Gasteiger partial charge is 1.00 e. The van der Waals surface area contributed by atoms with Gasteiger partial charge in [0.25, 0.3) is 5.91 Å². The Morgan fingerprint density at radius 2 is 1.46 bits per heavy atom. The molecule has 1 aliphatic rings. The number of hydrogen-bond donors (Lipinski definition) is 0. The molecule has 0 saturated carbocycles. The van der Waals surface area contributed by atoms with Crippen molar-refractivity contribution in [3.8, 4) is 5.75 Å². The molecule has 0 fully saturated rings. The molecule has 0 aromatic heterocycles. The molecule has 0 unspecified atom stereocenters. The van der Waals surface area contributed by atoms with Crippen molar-refractivity contribution in [2.75, 3.05) is 30.5 Å². The third-order valence-corrected chi connectivity index (χ3v) is 6.92. The summed E-state index contributed by atoms with van der Waals surface area (Å²) in [5, 5.41) is 11.0. The fourth-order valence-electron chi connectivity index (χ4n) is 4.67. The monoisotopic (exact) mass is 577 g/mol. The van der Waals surface area contributed by atoms with Gasteiger partial charge in [-0.05, 0) is 18.6 Å². The van der Waals surface area contributed by atoms with Gasteiger partial charge in [-0.25, -0.2) is 4.99 Å². The van der Waals surface area contributed by atoms with E-state index in [2.05, 4.69) is 11.9 Å². The summed E-state index contributed by atoms with van der Waals surface area (Å²) in [4.78, 5) is 18.0. The van der Waals surface area contributed by atoms with E-state index in [9.17, 15) is 23.1 Å². The van der Waals surface area contributed by atoms with Crippen molar-refractivity contribution in [1.82, 2.24) is 0 Å². The van der Waals surface area contributed by atoms with Crippen LogP contribution >= 0.6 is 0 Å². The van der Waals surface area contributed by atoms with Crippen LogP contribution in [0.4, 0.5) is 24.5 Å². The number of nitrogens with zero attached hydrogens (tertiary/aromatic N) is 3. The predicted octanol–water partition coefficient (Wildman–Crippen LogP) is 4.13. The number of carbonyl (C=O) groups is 1. The minimum absolute atomic E-state index is 0. The molecule has 0 aliphatic carbocycles. The Labute approximate surface area is 274 Å². The molecule has 1 aliphatic heterocycles. The maximum Gasteiger partial charge on any atom is 1.00 e. The quantitative estimate of drug-likeness (QED) is 0.114. The van der Waals surface area contributed by atoms with Crippen LogP contribution in [-0.4, -0.2) is 38.6 Å². The van der Waals surface area contributed by atoms with Crippen molar-refractivity contribution in [2.45, 2.75) is 103 Å². The summed E-state index contributed by atoms with van der Waals surface area (Å²) < 4.78 is 45.8. The second kappa shape index (κ2) is 19.1. The maximum atomic E-state index is 13.5. The summed E-state index contributed by atoms with van der Waals surface area (Å²) in [5.74, 6) is -2.49. The van der Waals surface area contributed by atoms with Crippen LogP contribution in [0.15, 0.2) is 35.2 Å². The number of carbonyl (C=O) groups excluding carboxylic acids is 1. The first kappa shape index (κ1) is 36.0. The van der Waals surface area contributed by atoms with E-state index >= 15 is 0 Å². The van der Waals surface area contributed by atoms with Crippen LogP contribution in [0.2, 0.25) is 0 Å². The summed E-state index contributed by atoms with van der Waals surface area (Å²) in [5.41, 5.74) is -0.144. The van der Waals surface area contributed by atoms with Crippen LogP contribution in [0.1, 0.15) is 96.8 Å². The van der Waals surface area contributed by atoms with Gasteiger partial charge in [0.2, 0.25) is 5.84 Å². The first-order valence-corrected chi connectivity index (χ1v) is 14.0. The minimum atomic E-state index is -4.91. The first-order valence-electron chi connectivity index (χ1n) is 14.0. The Bertz CT molecular complexity index is 938. The van der Waals surface area contributed by atoms with Crippen molar-refractivity contribution in [3.63, 3.8) is 0 Å². The zero-order valence-electron chi connectivity index (χ0n) is 24.1. The van der Waals surface area contributed by atoms with Gasteiger partial charge < -0.3 is 14.7 Å². The van der Waals surface area contributed by atoms with Crippen LogP contribution in [0.3, 0.4) is 0 Å². The third-order valence-electron chi connectivity index (χ3n) is 6.92. The van der Waals surface area contributed by atoms with Gasteiger partial charge in [-0.15, -0.1) is 6.26 Å². The number of ether oxygens (including phenoxy) is 1. The molecule has 214 valence electrons. The molecule has 0 N–H and O–H groups in total. The second-order valence-electron chi connectivity index (χ2n) is 9.95. The molecule has 1 aromatic carbocycles. The van der Waals surface area contributed by atoms with E-state index in [-0.39, 0.29) is 69.1 Å². The first-order chi connectivity index (χ1) is 18.2. The van der Waals surface area contributed by atoms with Crippen molar-refractivity contribution in [1.29, 1.82) is 0 Å².